The number of carbonyl (C=O) groups excluding carboxylic acids is 1. The normalized spacial score (nSPS) is 8.42. The SMILES string of the molecule is CC(=O)NC[n+]1ccccc1.[Cl-]. The van der Waals surface area contributed by atoms with Crippen LogP contribution in [0.3, 0.4) is 0 Å². The first-order valence-electron chi connectivity index (χ1n) is 3.47. The van der Waals surface area contributed by atoms with Crippen molar-refractivity contribution in [2.24, 2.45) is 0 Å². The van der Waals surface area contributed by atoms with Gasteiger partial charge in [-0.1, -0.05) is 6.07 Å². The van der Waals surface area contributed by atoms with E-state index in [4.69, 9.17) is 0 Å². The fraction of sp³-hybridized carbons (Fsp3) is 0.250. The van der Waals surface area contributed by atoms with Crippen molar-refractivity contribution in [3.8, 4) is 0 Å². The number of halogens is 1. The van der Waals surface area contributed by atoms with Gasteiger partial charge in [0.25, 0.3) is 0 Å². The summed E-state index contributed by atoms with van der Waals surface area (Å²) in [5.74, 6) is -0.0126. The van der Waals surface area contributed by atoms with Crippen LogP contribution in [0.15, 0.2) is 30.6 Å². The van der Waals surface area contributed by atoms with E-state index < -0.39 is 0 Å². The molecular formula is C8H11ClN2O. The maximum Gasteiger partial charge on any atom is 0.223 e. The van der Waals surface area contributed by atoms with Crippen LogP contribution in [-0.4, -0.2) is 5.91 Å². The van der Waals surface area contributed by atoms with Crippen molar-refractivity contribution in [3.05, 3.63) is 30.6 Å². The van der Waals surface area contributed by atoms with Crippen LogP contribution < -0.4 is 22.3 Å². The van der Waals surface area contributed by atoms with E-state index in [1.807, 2.05) is 35.2 Å². The van der Waals surface area contributed by atoms with E-state index in [0.29, 0.717) is 6.67 Å². The molecule has 12 heavy (non-hydrogen) atoms. The molecule has 1 amide bonds. The molecule has 0 unspecified atom stereocenters. The Kier molecular flexibility index (Phi) is 5.04. The molecule has 1 rings (SSSR count). The van der Waals surface area contributed by atoms with Crippen LogP contribution in [0.1, 0.15) is 6.92 Å². The van der Waals surface area contributed by atoms with Gasteiger partial charge in [0, 0.05) is 19.1 Å². The Balaban J connectivity index is 0.00000121. The van der Waals surface area contributed by atoms with E-state index in [1.54, 1.807) is 0 Å². The molecule has 3 nitrogen and oxygen atoms in total. The third kappa shape index (κ3) is 3.93. The van der Waals surface area contributed by atoms with Gasteiger partial charge in [-0.05, 0) is 0 Å². The molecule has 0 aromatic carbocycles. The number of hydrogen-bond acceptors (Lipinski definition) is 1. The van der Waals surface area contributed by atoms with E-state index in [9.17, 15) is 4.79 Å². The smallest absolute Gasteiger partial charge is 0.223 e. The largest absolute Gasteiger partial charge is 1.00 e. The molecule has 66 valence electrons. The fourth-order valence-electron chi connectivity index (χ4n) is 0.742. The molecule has 0 saturated heterocycles. The lowest BCUT2D eigenvalue weighted by molar-refractivity contribution is -0.700. The maximum absolute atomic E-state index is 10.5. The standard InChI is InChI=1S/C8H10N2O.ClH/c1-8(11)9-7-10-5-3-2-4-6-10;/h2-6H,7H2,1H3;1H. The summed E-state index contributed by atoms with van der Waals surface area (Å²) in [5.41, 5.74) is 0. The van der Waals surface area contributed by atoms with Crippen molar-refractivity contribution in [1.82, 2.24) is 5.32 Å². The molecule has 0 saturated carbocycles. The number of nitrogens with zero attached hydrogens (tertiary/aromatic N) is 1. The summed E-state index contributed by atoms with van der Waals surface area (Å²) in [4.78, 5) is 10.5. The molecule has 0 aliphatic heterocycles. The molecular weight excluding hydrogens is 176 g/mol. The summed E-state index contributed by atoms with van der Waals surface area (Å²) in [6.45, 7) is 2.04. The minimum atomic E-state index is -0.0126. The quantitative estimate of drug-likeness (QED) is 0.493. The van der Waals surface area contributed by atoms with Crippen molar-refractivity contribution >= 4 is 5.91 Å². The third-order valence-electron chi connectivity index (χ3n) is 1.29. The fourth-order valence-corrected chi connectivity index (χ4v) is 0.742. The molecule has 1 N–H and O–H groups in total. The molecule has 0 fully saturated rings. The molecule has 0 spiro atoms. The number of nitrogens with one attached hydrogen (secondary N) is 1. The summed E-state index contributed by atoms with van der Waals surface area (Å²) in [6, 6.07) is 5.77. The topological polar surface area (TPSA) is 33.0 Å². The number of aromatic nitrogens is 1. The second kappa shape index (κ2) is 5.55. The molecule has 4 heteroatoms. The van der Waals surface area contributed by atoms with Crippen molar-refractivity contribution in [2.75, 3.05) is 0 Å². The Morgan fingerprint density at radius 2 is 1.92 bits per heavy atom. The zero-order chi connectivity index (χ0) is 8.10. The second-order valence-electron chi connectivity index (χ2n) is 2.28. The van der Waals surface area contributed by atoms with Crippen LogP contribution in [0.4, 0.5) is 0 Å². The highest BCUT2D eigenvalue weighted by atomic mass is 35.5. The number of carbonyl (C=O) groups is 1. The van der Waals surface area contributed by atoms with Crippen molar-refractivity contribution in [1.29, 1.82) is 0 Å². The van der Waals surface area contributed by atoms with Gasteiger partial charge in [-0.15, -0.1) is 0 Å². The molecule has 0 aliphatic rings. The van der Waals surface area contributed by atoms with Gasteiger partial charge in [-0.3, -0.25) is 4.79 Å². The molecule has 0 atom stereocenters. The van der Waals surface area contributed by atoms with Gasteiger partial charge < -0.3 is 17.7 Å². The lowest BCUT2D eigenvalue weighted by Gasteiger charge is -1.95. The lowest BCUT2D eigenvalue weighted by Crippen LogP contribution is -3.00. The van der Waals surface area contributed by atoms with E-state index in [0.717, 1.165) is 0 Å². The Hall–Kier alpha value is -1.09. The predicted molar refractivity (Wildman–Crippen MR) is 40.5 cm³/mol. The van der Waals surface area contributed by atoms with Crippen LogP contribution in [0.5, 0.6) is 0 Å². The molecule has 1 aromatic rings. The first-order chi connectivity index (χ1) is 5.29. The van der Waals surface area contributed by atoms with Crippen LogP contribution in [-0.2, 0) is 11.5 Å². The van der Waals surface area contributed by atoms with Crippen LogP contribution in [0.2, 0.25) is 0 Å². The van der Waals surface area contributed by atoms with Gasteiger partial charge in [0.2, 0.25) is 12.6 Å². The zero-order valence-corrected chi connectivity index (χ0v) is 7.58. The number of rotatable bonds is 2. The first-order valence-corrected chi connectivity index (χ1v) is 3.47. The Morgan fingerprint density at radius 1 is 1.33 bits per heavy atom. The van der Waals surface area contributed by atoms with E-state index in [1.165, 1.54) is 6.92 Å². The Bertz CT molecular complexity index is 238. The highest BCUT2D eigenvalue weighted by molar-refractivity contribution is 5.72. The van der Waals surface area contributed by atoms with Crippen molar-refractivity contribution in [2.45, 2.75) is 13.6 Å². The van der Waals surface area contributed by atoms with Gasteiger partial charge >= 0.3 is 0 Å². The minimum absolute atomic E-state index is 0. The van der Waals surface area contributed by atoms with Gasteiger partial charge in [0.15, 0.2) is 12.4 Å². The van der Waals surface area contributed by atoms with Gasteiger partial charge in [-0.2, -0.15) is 4.57 Å². The minimum Gasteiger partial charge on any atom is -1.00 e. The summed E-state index contributed by atoms with van der Waals surface area (Å²) >= 11 is 0. The number of pyridine rings is 1. The monoisotopic (exact) mass is 186 g/mol. The van der Waals surface area contributed by atoms with Crippen LogP contribution >= 0.6 is 0 Å². The van der Waals surface area contributed by atoms with E-state index >= 15 is 0 Å². The summed E-state index contributed by atoms with van der Waals surface area (Å²) in [5, 5.41) is 2.69. The Morgan fingerprint density at radius 3 is 2.42 bits per heavy atom. The van der Waals surface area contributed by atoms with Gasteiger partial charge in [-0.25, -0.2) is 0 Å². The highest BCUT2D eigenvalue weighted by Crippen LogP contribution is 1.74. The van der Waals surface area contributed by atoms with Gasteiger partial charge in [0.05, 0.1) is 0 Å². The average Bonchev–Trinajstić information content (AvgIpc) is 2.03. The molecule has 1 heterocycles. The Labute approximate surface area is 77.8 Å². The lowest BCUT2D eigenvalue weighted by atomic mass is 10.5. The summed E-state index contributed by atoms with van der Waals surface area (Å²) in [7, 11) is 0. The number of hydrogen-bond donors (Lipinski definition) is 1. The predicted octanol–water partition coefficient (Wildman–Crippen LogP) is -2.93. The average molecular weight is 187 g/mol. The second-order valence-corrected chi connectivity index (χ2v) is 2.28. The number of amides is 1. The van der Waals surface area contributed by atoms with Crippen molar-refractivity contribution in [3.63, 3.8) is 0 Å². The van der Waals surface area contributed by atoms with Crippen LogP contribution in [0.25, 0.3) is 0 Å². The zero-order valence-electron chi connectivity index (χ0n) is 6.83. The highest BCUT2D eigenvalue weighted by Gasteiger charge is 1.96. The third-order valence-corrected chi connectivity index (χ3v) is 1.29. The molecule has 0 aliphatic carbocycles. The first kappa shape index (κ1) is 10.9. The maximum atomic E-state index is 10.5. The van der Waals surface area contributed by atoms with E-state index in [-0.39, 0.29) is 18.3 Å². The molecule has 0 radical (unpaired) electrons. The van der Waals surface area contributed by atoms with Crippen LogP contribution in [0, 0.1) is 0 Å². The molecule has 1 aromatic heterocycles. The molecule has 0 bridgehead atoms. The summed E-state index contributed by atoms with van der Waals surface area (Å²) < 4.78 is 1.89. The summed E-state index contributed by atoms with van der Waals surface area (Å²) in [6.07, 6.45) is 3.80. The van der Waals surface area contributed by atoms with Gasteiger partial charge in [0.1, 0.15) is 0 Å². The van der Waals surface area contributed by atoms with Crippen molar-refractivity contribution < 1.29 is 21.8 Å². The van der Waals surface area contributed by atoms with E-state index in [2.05, 4.69) is 5.32 Å².